The number of para-hydroxylation sites is 1. The highest BCUT2D eigenvalue weighted by Crippen LogP contribution is 2.40. The molecule has 0 radical (unpaired) electrons. The van der Waals surface area contributed by atoms with Gasteiger partial charge in [0, 0.05) is 18.1 Å². The van der Waals surface area contributed by atoms with Crippen LogP contribution in [-0.2, 0) is 11.0 Å². The molecule has 0 unspecified atom stereocenters. The van der Waals surface area contributed by atoms with Crippen LogP contribution in [0.4, 0.5) is 13.2 Å². The Hall–Kier alpha value is -3.29. The molecule has 0 saturated heterocycles. The minimum absolute atomic E-state index is 0.0133. The van der Waals surface area contributed by atoms with Crippen LogP contribution in [0.2, 0.25) is 0 Å². The van der Waals surface area contributed by atoms with Gasteiger partial charge in [-0.05, 0) is 18.2 Å². The topological polar surface area (TPSA) is 65.7 Å². The molecule has 0 aliphatic rings. The van der Waals surface area contributed by atoms with E-state index in [1.54, 1.807) is 13.0 Å². The fourth-order valence-electron chi connectivity index (χ4n) is 2.74. The number of ether oxygens (including phenoxy) is 2. The van der Waals surface area contributed by atoms with Gasteiger partial charge in [-0.2, -0.15) is 13.2 Å². The van der Waals surface area contributed by atoms with Crippen LogP contribution in [0.25, 0.3) is 22.1 Å². The van der Waals surface area contributed by atoms with Gasteiger partial charge >= 0.3 is 12.1 Å². The zero-order valence-corrected chi connectivity index (χ0v) is 14.9. The number of esters is 1. The predicted octanol–water partition coefficient (Wildman–Crippen LogP) is 4.80. The maximum atomic E-state index is 13.7. The van der Waals surface area contributed by atoms with Gasteiger partial charge in [0.15, 0.2) is 0 Å². The second-order valence-electron chi connectivity index (χ2n) is 5.82. The van der Waals surface area contributed by atoms with E-state index in [1.165, 1.54) is 37.4 Å². The summed E-state index contributed by atoms with van der Waals surface area (Å²) in [5.41, 5.74) is -1.88. The molecule has 0 bridgehead atoms. The van der Waals surface area contributed by atoms with Crippen molar-refractivity contribution in [3.8, 4) is 22.6 Å². The molecule has 1 aromatic heterocycles. The molecule has 3 rings (SSSR count). The lowest BCUT2D eigenvalue weighted by molar-refractivity contribution is -0.152. The van der Waals surface area contributed by atoms with Gasteiger partial charge < -0.3 is 13.9 Å². The highest BCUT2D eigenvalue weighted by molar-refractivity contribution is 5.86. The van der Waals surface area contributed by atoms with Crippen LogP contribution in [0, 0.1) is 0 Å². The molecule has 5 nitrogen and oxygen atoms in total. The summed E-state index contributed by atoms with van der Waals surface area (Å²) < 4.78 is 56.2. The third-order valence-electron chi connectivity index (χ3n) is 4.02. The van der Waals surface area contributed by atoms with Crippen LogP contribution in [0.5, 0.6) is 11.5 Å². The van der Waals surface area contributed by atoms with E-state index in [0.717, 1.165) is 6.07 Å². The lowest BCUT2D eigenvalue weighted by Crippen LogP contribution is -2.16. The van der Waals surface area contributed by atoms with Gasteiger partial charge in [-0.25, -0.2) is 0 Å². The molecule has 146 valence electrons. The Morgan fingerprint density at radius 2 is 1.86 bits per heavy atom. The van der Waals surface area contributed by atoms with Gasteiger partial charge in [0.05, 0.1) is 18.1 Å². The van der Waals surface area contributed by atoms with E-state index in [2.05, 4.69) is 0 Å². The molecule has 0 N–H and O–H groups in total. The smallest absolute Gasteiger partial charge is 0.450 e. The molecule has 0 aliphatic carbocycles. The predicted molar refractivity (Wildman–Crippen MR) is 95.4 cm³/mol. The lowest BCUT2D eigenvalue weighted by atomic mass is 10.0. The van der Waals surface area contributed by atoms with Crippen molar-refractivity contribution in [2.75, 3.05) is 7.11 Å². The summed E-state index contributed by atoms with van der Waals surface area (Å²) in [4.78, 5) is 24.3. The molecule has 28 heavy (non-hydrogen) atoms. The van der Waals surface area contributed by atoms with Gasteiger partial charge in [0.25, 0.3) is 0 Å². The monoisotopic (exact) mass is 392 g/mol. The molecule has 0 aliphatic heterocycles. The number of carbonyl (C=O) groups excluding carboxylic acids is 1. The van der Waals surface area contributed by atoms with Crippen molar-refractivity contribution in [2.24, 2.45) is 0 Å². The standard InChI is InChI=1S/C20H15F3O5/c1-3-16(24)27-11-8-9-13-15(10-11)28-19(20(21,22)23)17(18(13)25)12-6-4-5-7-14(12)26-2/h4-10H,3H2,1-2H3. The second-order valence-corrected chi connectivity index (χ2v) is 5.82. The number of carbonyl (C=O) groups is 1. The van der Waals surface area contributed by atoms with E-state index in [-0.39, 0.29) is 34.5 Å². The summed E-state index contributed by atoms with van der Waals surface area (Å²) in [5, 5.41) is -0.0785. The first-order valence-electron chi connectivity index (χ1n) is 8.28. The van der Waals surface area contributed by atoms with Crippen molar-refractivity contribution in [1.29, 1.82) is 0 Å². The molecular formula is C20H15F3O5. The Labute approximate surface area is 157 Å². The first-order valence-corrected chi connectivity index (χ1v) is 8.28. The van der Waals surface area contributed by atoms with Gasteiger partial charge in [-0.3, -0.25) is 9.59 Å². The maximum Gasteiger partial charge on any atom is 0.450 e. The van der Waals surface area contributed by atoms with E-state index in [0.29, 0.717) is 0 Å². The molecule has 0 spiro atoms. The zero-order chi connectivity index (χ0) is 20.5. The van der Waals surface area contributed by atoms with Crippen LogP contribution < -0.4 is 14.9 Å². The summed E-state index contributed by atoms with van der Waals surface area (Å²) in [7, 11) is 1.29. The zero-order valence-electron chi connectivity index (χ0n) is 14.9. The highest BCUT2D eigenvalue weighted by atomic mass is 19.4. The first-order chi connectivity index (χ1) is 13.3. The average molecular weight is 392 g/mol. The molecule has 2 aromatic carbocycles. The van der Waals surface area contributed by atoms with Crippen LogP contribution in [0.1, 0.15) is 19.1 Å². The average Bonchev–Trinajstić information content (AvgIpc) is 2.67. The number of hydrogen-bond acceptors (Lipinski definition) is 5. The van der Waals surface area contributed by atoms with Crippen molar-refractivity contribution in [3.05, 3.63) is 58.4 Å². The van der Waals surface area contributed by atoms with Gasteiger partial charge in [-0.1, -0.05) is 25.1 Å². The van der Waals surface area contributed by atoms with Gasteiger partial charge in [0.1, 0.15) is 17.1 Å². The van der Waals surface area contributed by atoms with E-state index < -0.39 is 28.9 Å². The van der Waals surface area contributed by atoms with Crippen molar-refractivity contribution in [3.63, 3.8) is 0 Å². The first kappa shape index (κ1) is 19.5. The highest BCUT2D eigenvalue weighted by Gasteiger charge is 2.40. The Balaban J connectivity index is 2.32. The fraction of sp³-hybridized carbons (Fsp3) is 0.200. The molecule has 0 fully saturated rings. The molecular weight excluding hydrogens is 377 g/mol. The maximum absolute atomic E-state index is 13.7. The molecule has 1 heterocycles. The largest absolute Gasteiger partial charge is 0.496 e. The van der Waals surface area contributed by atoms with E-state index in [9.17, 15) is 22.8 Å². The van der Waals surface area contributed by atoms with E-state index >= 15 is 0 Å². The minimum Gasteiger partial charge on any atom is -0.496 e. The molecule has 8 heteroatoms. The second kappa shape index (κ2) is 7.38. The van der Waals surface area contributed by atoms with Crippen LogP contribution in [0.15, 0.2) is 51.7 Å². The van der Waals surface area contributed by atoms with E-state index in [1.807, 2.05) is 0 Å². The Morgan fingerprint density at radius 1 is 1.14 bits per heavy atom. The van der Waals surface area contributed by atoms with Gasteiger partial charge in [0.2, 0.25) is 11.2 Å². The lowest BCUT2D eigenvalue weighted by Gasteiger charge is -2.15. The SMILES string of the molecule is CCC(=O)Oc1ccc2c(=O)c(-c3ccccc3OC)c(C(F)(F)F)oc2c1. The van der Waals surface area contributed by atoms with Crippen molar-refractivity contribution in [2.45, 2.75) is 19.5 Å². The minimum atomic E-state index is -4.93. The van der Waals surface area contributed by atoms with Crippen molar-refractivity contribution >= 4 is 16.9 Å². The van der Waals surface area contributed by atoms with Crippen LogP contribution in [0.3, 0.4) is 0 Å². The third kappa shape index (κ3) is 3.58. The quantitative estimate of drug-likeness (QED) is 0.471. The number of hydrogen-bond donors (Lipinski definition) is 0. The number of methoxy groups -OCH3 is 1. The summed E-state index contributed by atoms with van der Waals surface area (Å²) in [6.45, 7) is 1.57. The van der Waals surface area contributed by atoms with Crippen LogP contribution >= 0.6 is 0 Å². The number of alkyl halides is 3. The third-order valence-corrected chi connectivity index (χ3v) is 4.02. The summed E-state index contributed by atoms with van der Waals surface area (Å²) in [6.07, 6.45) is -4.85. The molecule has 0 amide bonds. The van der Waals surface area contributed by atoms with Crippen molar-refractivity contribution < 1.29 is 31.9 Å². The van der Waals surface area contributed by atoms with Gasteiger partial charge in [-0.15, -0.1) is 0 Å². The Kier molecular flexibility index (Phi) is 5.13. The Bertz CT molecular complexity index is 1100. The number of fused-ring (bicyclic) bond motifs is 1. The van der Waals surface area contributed by atoms with E-state index in [4.69, 9.17) is 13.9 Å². The number of rotatable bonds is 4. The Morgan fingerprint density at radius 3 is 2.50 bits per heavy atom. The summed E-state index contributed by atoms with van der Waals surface area (Å²) in [5.74, 6) is -1.93. The molecule has 0 saturated carbocycles. The normalized spacial score (nSPS) is 11.5. The number of benzene rings is 2. The molecule has 0 atom stereocenters. The van der Waals surface area contributed by atoms with Crippen molar-refractivity contribution in [1.82, 2.24) is 0 Å². The summed E-state index contributed by atoms with van der Waals surface area (Å²) in [6, 6.07) is 9.55. The van der Waals surface area contributed by atoms with Crippen LogP contribution in [-0.4, -0.2) is 13.1 Å². The fourth-order valence-corrected chi connectivity index (χ4v) is 2.74. The summed E-state index contributed by atoms with van der Waals surface area (Å²) >= 11 is 0. The number of halogens is 3. The molecule has 3 aromatic rings.